The maximum Gasteiger partial charge on any atom is 0.305 e. The molecule has 0 spiro atoms. The fourth-order valence-corrected chi connectivity index (χ4v) is 3.29. The summed E-state index contributed by atoms with van der Waals surface area (Å²) < 4.78 is 0. The lowest BCUT2D eigenvalue weighted by Crippen LogP contribution is -2.39. The molecule has 28 heavy (non-hydrogen) atoms. The first-order valence-corrected chi connectivity index (χ1v) is 9.91. The van der Waals surface area contributed by atoms with Gasteiger partial charge in [0.05, 0.1) is 13.0 Å². The van der Waals surface area contributed by atoms with E-state index in [-0.39, 0.29) is 31.3 Å². The summed E-state index contributed by atoms with van der Waals surface area (Å²) in [5.41, 5.74) is 2.90. The van der Waals surface area contributed by atoms with Crippen LogP contribution in [0.2, 0.25) is 0 Å². The summed E-state index contributed by atoms with van der Waals surface area (Å²) in [7, 11) is 0. The van der Waals surface area contributed by atoms with Crippen LogP contribution in [0.5, 0.6) is 0 Å². The van der Waals surface area contributed by atoms with Gasteiger partial charge in [0.2, 0.25) is 11.8 Å². The second kappa shape index (κ2) is 10.2. The van der Waals surface area contributed by atoms with Gasteiger partial charge in [-0.25, -0.2) is 0 Å². The molecule has 1 aromatic carbocycles. The van der Waals surface area contributed by atoms with E-state index in [2.05, 4.69) is 10.2 Å². The van der Waals surface area contributed by atoms with Crippen molar-refractivity contribution in [1.82, 2.24) is 9.80 Å². The monoisotopic (exact) mass is 389 g/mol. The van der Waals surface area contributed by atoms with Crippen LogP contribution < -0.4 is 5.32 Å². The standard InChI is InChI=1S/C21H31N3O4/c1-4-23(13-11-20(27)28)19(26)10-12-24(17-8-9-17)14-18(25)22-21-15(2)6-5-7-16(21)3/h5-7,17H,4,8-14H2,1-3H3,(H,22,25)(H,27,28). The van der Waals surface area contributed by atoms with Gasteiger partial charge in [0, 0.05) is 37.8 Å². The van der Waals surface area contributed by atoms with Crippen LogP contribution in [0.3, 0.4) is 0 Å². The normalized spacial score (nSPS) is 13.4. The number of carbonyl (C=O) groups excluding carboxylic acids is 2. The average molecular weight is 389 g/mol. The summed E-state index contributed by atoms with van der Waals surface area (Å²) in [6, 6.07) is 6.25. The number of hydrogen-bond acceptors (Lipinski definition) is 4. The van der Waals surface area contributed by atoms with E-state index in [0.717, 1.165) is 29.7 Å². The molecule has 0 unspecified atom stereocenters. The van der Waals surface area contributed by atoms with Crippen molar-refractivity contribution >= 4 is 23.5 Å². The largest absolute Gasteiger partial charge is 0.481 e. The summed E-state index contributed by atoms with van der Waals surface area (Å²) >= 11 is 0. The van der Waals surface area contributed by atoms with Crippen molar-refractivity contribution in [2.45, 2.75) is 52.5 Å². The van der Waals surface area contributed by atoms with E-state index in [1.807, 2.05) is 39.0 Å². The van der Waals surface area contributed by atoms with Gasteiger partial charge in [0.25, 0.3) is 0 Å². The molecular formula is C21H31N3O4. The number of nitrogens with zero attached hydrogens (tertiary/aromatic N) is 2. The van der Waals surface area contributed by atoms with Crippen molar-refractivity contribution in [2.24, 2.45) is 0 Å². The van der Waals surface area contributed by atoms with Gasteiger partial charge in [-0.2, -0.15) is 0 Å². The van der Waals surface area contributed by atoms with Crippen LogP contribution in [0.4, 0.5) is 5.69 Å². The summed E-state index contributed by atoms with van der Waals surface area (Å²) in [6.45, 7) is 7.26. The molecule has 0 aromatic heterocycles. The third-order valence-corrected chi connectivity index (χ3v) is 5.10. The highest BCUT2D eigenvalue weighted by atomic mass is 16.4. The lowest BCUT2D eigenvalue weighted by molar-refractivity contribution is -0.138. The molecule has 1 saturated carbocycles. The number of rotatable bonds is 11. The number of nitrogens with one attached hydrogen (secondary N) is 1. The molecule has 0 radical (unpaired) electrons. The highest BCUT2D eigenvalue weighted by Crippen LogP contribution is 2.27. The van der Waals surface area contributed by atoms with Gasteiger partial charge in [-0.05, 0) is 44.7 Å². The van der Waals surface area contributed by atoms with Crippen molar-refractivity contribution in [2.75, 3.05) is 31.5 Å². The molecule has 7 heteroatoms. The number of para-hydroxylation sites is 1. The lowest BCUT2D eigenvalue weighted by Gasteiger charge is -2.24. The number of aliphatic carboxylic acids is 1. The van der Waals surface area contributed by atoms with E-state index in [1.54, 1.807) is 4.90 Å². The van der Waals surface area contributed by atoms with Crippen LogP contribution in [-0.2, 0) is 14.4 Å². The molecule has 0 aliphatic heterocycles. The Morgan fingerprint density at radius 2 is 1.75 bits per heavy atom. The fraction of sp³-hybridized carbons (Fsp3) is 0.571. The summed E-state index contributed by atoms with van der Waals surface area (Å²) in [5, 5.41) is 11.8. The molecule has 1 aromatic rings. The Balaban J connectivity index is 1.88. The van der Waals surface area contributed by atoms with Gasteiger partial charge in [-0.15, -0.1) is 0 Å². The smallest absolute Gasteiger partial charge is 0.305 e. The maximum atomic E-state index is 12.6. The molecule has 0 bridgehead atoms. The van der Waals surface area contributed by atoms with Gasteiger partial charge in [0.15, 0.2) is 0 Å². The van der Waals surface area contributed by atoms with E-state index in [0.29, 0.717) is 25.6 Å². The molecule has 2 rings (SSSR count). The van der Waals surface area contributed by atoms with Gasteiger partial charge >= 0.3 is 5.97 Å². The van der Waals surface area contributed by atoms with Crippen LogP contribution in [-0.4, -0.2) is 64.9 Å². The third-order valence-electron chi connectivity index (χ3n) is 5.10. The SMILES string of the molecule is CCN(CCC(=O)O)C(=O)CCN(CC(=O)Nc1c(C)cccc1C)C1CC1. The molecule has 0 atom stereocenters. The molecule has 0 saturated heterocycles. The van der Waals surface area contributed by atoms with Crippen LogP contribution in [0, 0.1) is 13.8 Å². The minimum absolute atomic E-state index is 0.0515. The first kappa shape index (κ1) is 21.9. The zero-order valence-corrected chi connectivity index (χ0v) is 17.0. The first-order valence-electron chi connectivity index (χ1n) is 9.91. The minimum Gasteiger partial charge on any atom is -0.481 e. The molecule has 1 aliphatic carbocycles. The van der Waals surface area contributed by atoms with Crippen molar-refractivity contribution in [3.63, 3.8) is 0 Å². The highest BCUT2D eigenvalue weighted by molar-refractivity contribution is 5.93. The zero-order valence-electron chi connectivity index (χ0n) is 17.0. The van der Waals surface area contributed by atoms with E-state index in [1.165, 1.54) is 0 Å². The van der Waals surface area contributed by atoms with E-state index in [9.17, 15) is 14.4 Å². The summed E-state index contributed by atoms with van der Waals surface area (Å²) in [4.78, 5) is 39.3. The maximum absolute atomic E-state index is 12.6. The zero-order chi connectivity index (χ0) is 20.7. The molecular weight excluding hydrogens is 358 g/mol. The number of anilines is 1. The number of carboxylic acid groups (broad SMARTS) is 1. The van der Waals surface area contributed by atoms with Crippen LogP contribution in [0.1, 0.15) is 43.7 Å². The molecule has 2 amide bonds. The first-order chi connectivity index (χ1) is 13.3. The van der Waals surface area contributed by atoms with Crippen molar-refractivity contribution in [3.8, 4) is 0 Å². The molecule has 1 aliphatic rings. The molecule has 7 nitrogen and oxygen atoms in total. The Morgan fingerprint density at radius 1 is 1.11 bits per heavy atom. The van der Waals surface area contributed by atoms with E-state index >= 15 is 0 Å². The fourth-order valence-electron chi connectivity index (χ4n) is 3.29. The number of aryl methyl sites for hydroxylation is 2. The Bertz CT molecular complexity index is 695. The number of carboxylic acids is 1. The summed E-state index contributed by atoms with van der Waals surface area (Å²) in [5.74, 6) is -1.05. The number of carbonyl (C=O) groups is 3. The Labute approximate surface area is 166 Å². The molecule has 1 fully saturated rings. The number of hydrogen-bond donors (Lipinski definition) is 2. The van der Waals surface area contributed by atoms with Crippen molar-refractivity contribution < 1.29 is 19.5 Å². The molecule has 2 N–H and O–H groups in total. The van der Waals surface area contributed by atoms with E-state index < -0.39 is 5.97 Å². The average Bonchev–Trinajstić information content (AvgIpc) is 3.47. The lowest BCUT2D eigenvalue weighted by atomic mass is 10.1. The van der Waals surface area contributed by atoms with Crippen LogP contribution >= 0.6 is 0 Å². The Morgan fingerprint density at radius 3 is 2.29 bits per heavy atom. The van der Waals surface area contributed by atoms with E-state index in [4.69, 9.17) is 5.11 Å². The topological polar surface area (TPSA) is 90.0 Å². The highest BCUT2D eigenvalue weighted by Gasteiger charge is 2.31. The quantitative estimate of drug-likeness (QED) is 0.607. The van der Waals surface area contributed by atoms with Crippen molar-refractivity contribution in [3.05, 3.63) is 29.3 Å². The predicted octanol–water partition coefficient (Wildman–Crippen LogP) is 2.42. The second-order valence-electron chi connectivity index (χ2n) is 7.38. The summed E-state index contributed by atoms with van der Waals surface area (Å²) in [6.07, 6.45) is 2.33. The van der Waals surface area contributed by atoms with Gasteiger partial charge in [0.1, 0.15) is 0 Å². The molecule has 0 heterocycles. The Kier molecular flexibility index (Phi) is 7.99. The number of amides is 2. The molecule has 154 valence electrons. The number of benzene rings is 1. The van der Waals surface area contributed by atoms with Gasteiger partial charge in [-0.3, -0.25) is 19.3 Å². The van der Waals surface area contributed by atoms with Crippen molar-refractivity contribution in [1.29, 1.82) is 0 Å². The second-order valence-corrected chi connectivity index (χ2v) is 7.38. The van der Waals surface area contributed by atoms with Gasteiger partial charge < -0.3 is 15.3 Å². The van der Waals surface area contributed by atoms with Gasteiger partial charge in [-0.1, -0.05) is 18.2 Å². The predicted molar refractivity (Wildman–Crippen MR) is 108 cm³/mol. The Hall–Kier alpha value is -2.41. The van der Waals surface area contributed by atoms with Crippen LogP contribution in [0.15, 0.2) is 18.2 Å². The van der Waals surface area contributed by atoms with Crippen LogP contribution in [0.25, 0.3) is 0 Å². The third kappa shape index (κ3) is 6.64. The minimum atomic E-state index is -0.908.